The molecule has 0 saturated carbocycles. The fraction of sp³-hybridized carbons (Fsp3) is 0.667. The average Bonchev–Trinajstić information content (AvgIpc) is 1.61. The molecule has 0 aromatic rings. The van der Waals surface area contributed by atoms with E-state index in [4.69, 9.17) is 1.37 Å². The molecule has 0 radical (unpaired) electrons. The minimum Gasteiger partial charge on any atom is -0.103 e. The average molecular weight is 85.2 g/mol. The fourth-order valence-electron chi connectivity index (χ4n) is 0.272. The molecule has 0 unspecified atom stereocenters. The monoisotopic (exact) mass is 85.1 g/mol. The third-order valence-corrected chi connectivity index (χ3v) is 0.607. The van der Waals surface area contributed by atoms with Crippen LogP contribution in [0.15, 0.2) is 12.6 Å². The minimum atomic E-state index is 0.696. The van der Waals surface area contributed by atoms with Crippen molar-refractivity contribution in [3.63, 3.8) is 0 Å². The summed E-state index contributed by atoms with van der Waals surface area (Å²) in [5.41, 5.74) is 0. The number of rotatable bonds is 2. The highest BCUT2D eigenvalue weighted by atomic mass is 13.9. The first-order chi connectivity index (χ1) is 3.27. The van der Waals surface area contributed by atoms with E-state index >= 15 is 0 Å². The first-order valence-electron chi connectivity index (χ1n) is 2.88. The van der Waals surface area contributed by atoms with Crippen LogP contribution < -0.4 is 0 Å². The molecule has 0 saturated heterocycles. The van der Waals surface area contributed by atoms with Gasteiger partial charge in [0, 0.05) is 0 Å². The van der Waals surface area contributed by atoms with Gasteiger partial charge in [0.25, 0.3) is 0 Å². The van der Waals surface area contributed by atoms with Gasteiger partial charge < -0.3 is 0 Å². The Bertz CT molecular complexity index is 55.2. The molecular weight excluding hydrogens is 72.1 g/mol. The quantitative estimate of drug-likeness (QED) is 0.451. The SMILES string of the molecule is [2H]C=CCC(C)C. The van der Waals surface area contributed by atoms with Crippen LogP contribution in [0.5, 0.6) is 0 Å². The van der Waals surface area contributed by atoms with Crippen molar-refractivity contribution < 1.29 is 1.37 Å². The largest absolute Gasteiger partial charge is 0.103 e. The Morgan fingerprint density at radius 3 is 2.83 bits per heavy atom. The van der Waals surface area contributed by atoms with Crippen LogP contribution in [0.3, 0.4) is 0 Å². The van der Waals surface area contributed by atoms with Crippen molar-refractivity contribution in [2.24, 2.45) is 5.92 Å². The van der Waals surface area contributed by atoms with Crippen LogP contribution in [0.2, 0.25) is 0 Å². The van der Waals surface area contributed by atoms with E-state index in [9.17, 15) is 0 Å². The molecule has 0 atom stereocenters. The Labute approximate surface area is 41.3 Å². The Kier molecular flexibility index (Phi) is 1.93. The highest BCUT2D eigenvalue weighted by Crippen LogP contribution is 1.96. The van der Waals surface area contributed by atoms with Crippen LogP contribution in [0.1, 0.15) is 21.6 Å². The van der Waals surface area contributed by atoms with Crippen LogP contribution in [0.4, 0.5) is 0 Å². The molecule has 0 aromatic heterocycles. The van der Waals surface area contributed by atoms with Crippen LogP contribution in [0, 0.1) is 5.92 Å². The summed E-state index contributed by atoms with van der Waals surface area (Å²) in [7, 11) is 0. The summed E-state index contributed by atoms with van der Waals surface area (Å²) in [6.07, 6.45) is 2.90. The molecule has 0 heteroatoms. The highest BCUT2D eigenvalue weighted by Gasteiger charge is 1.82. The van der Waals surface area contributed by atoms with Crippen LogP contribution in [0.25, 0.3) is 0 Å². The lowest BCUT2D eigenvalue weighted by atomic mass is 10.1. The normalized spacial score (nSPS) is 13.5. The predicted molar refractivity (Wildman–Crippen MR) is 29.7 cm³/mol. The van der Waals surface area contributed by atoms with Crippen LogP contribution >= 0.6 is 0 Å². The molecule has 0 aliphatic carbocycles. The lowest BCUT2D eigenvalue weighted by molar-refractivity contribution is 0.664. The van der Waals surface area contributed by atoms with Crippen molar-refractivity contribution in [1.29, 1.82) is 0 Å². The van der Waals surface area contributed by atoms with E-state index in [2.05, 4.69) is 13.8 Å². The maximum Gasteiger partial charge on any atom is 0.0534 e. The standard InChI is InChI=1S/C6H12/c1-4-5-6(2)3/h4,6H,1,5H2,2-3H3/i1D. The molecule has 0 aliphatic heterocycles. The fourth-order valence-corrected chi connectivity index (χ4v) is 0.272. The number of allylic oxidation sites excluding steroid dienone is 1. The second kappa shape index (κ2) is 2.95. The molecule has 0 heterocycles. The molecule has 0 fully saturated rings. The third kappa shape index (κ3) is 3.74. The number of hydrogen-bond acceptors (Lipinski definition) is 0. The Morgan fingerprint density at radius 2 is 2.67 bits per heavy atom. The Morgan fingerprint density at radius 1 is 2.00 bits per heavy atom. The van der Waals surface area contributed by atoms with Crippen molar-refractivity contribution in [3.8, 4) is 0 Å². The van der Waals surface area contributed by atoms with Gasteiger partial charge in [0.1, 0.15) is 0 Å². The van der Waals surface area contributed by atoms with E-state index < -0.39 is 0 Å². The van der Waals surface area contributed by atoms with Gasteiger partial charge in [0.05, 0.1) is 1.37 Å². The summed E-state index contributed by atoms with van der Waals surface area (Å²) in [4.78, 5) is 0. The zero-order chi connectivity index (χ0) is 5.70. The molecule has 0 spiro atoms. The van der Waals surface area contributed by atoms with Gasteiger partial charge in [-0.05, 0) is 12.3 Å². The molecule has 36 valence electrons. The summed E-state index contributed by atoms with van der Waals surface area (Å²) < 4.78 is 6.62. The maximum atomic E-state index is 6.62. The second-order valence-electron chi connectivity index (χ2n) is 1.87. The smallest absolute Gasteiger partial charge is 0.0534 e. The third-order valence-electron chi connectivity index (χ3n) is 0.607. The van der Waals surface area contributed by atoms with E-state index in [-0.39, 0.29) is 0 Å². The Hall–Kier alpha value is -0.260. The topological polar surface area (TPSA) is 0 Å². The van der Waals surface area contributed by atoms with Gasteiger partial charge >= 0.3 is 0 Å². The molecule has 0 amide bonds. The van der Waals surface area contributed by atoms with E-state index in [0.717, 1.165) is 6.42 Å². The van der Waals surface area contributed by atoms with Crippen molar-refractivity contribution in [3.05, 3.63) is 12.6 Å². The molecule has 0 bridgehead atoms. The summed E-state index contributed by atoms with van der Waals surface area (Å²) in [6.45, 7) is 5.62. The number of hydrogen-bond donors (Lipinski definition) is 0. The van der Waals surface area contributed by atoms with E-state index in [1.54, 1.807) is 0 Å². The summed E-state index contributed by atoms with van der Waals surface area (Å²) in [6, 6.07) is 0. The first-order valence-corrected chi connectivity index (χ1v) is 2.30. The van der Waals surface area contributed by atoms with Crippen molar-refractivity contribution in [2.45, 2.75) is 20.3 Å². The van der Waals surface area contributed by atoms with Crippen LogP contribution in [-0.4, -0.2) is 0 Å². The minimum absolute atomic E-state index is 0.696. The van der Waals surface area contributed by atoms with Crippen LogP contribution in [-0.2, 0) is 0 Å². The van der Waals surface area contributed by atoms with Gasteiger partial charge in [-0.2, -0.15) is 0 Å². The summed E-state index contributed by atoms with van der Waals surface area (Å²) in [5.74, 6) is 0.696. The van der Waals surface area contributed by atoms with Crippen molar-refractivity contribution >= 4 is 0 Å². The van der Waals surface area contributed by atoms with Gasteiger partial charge in [-0.15, -0.1) is 6.55 Å². The van der Waals surface area contributed by atoms with Gasteiger partial charge in [0.15, 0.2) is 0 Å². The lowest BCUT2D eigenvalue weighted by Crippen LogP contribution is -1.78. The van der Waals surface area contributed by atoms with Crippen molar-refractivity contribution in [1.82, 2.24) is 0 Å². The van der Waals surface area contributed by atoms with E-state index in [0.29, 0.717) is 5.92 Å². The predicted octanol–water partition coefficient (Wildman–Crippen LogP) is 2.22. The molecular formula is C6H12. The lowest BCUT2D eigenvalue weighted by Gasteiger charge is -1.92. The first kappa shape index (κ1) is 3.91. The molecule has 0 nitrogen and oxygen atoms in total. The summed E-state index contributed by atoms with van der Waals surface area (Å²) >= 11 is 0. The molecule has 6 heavy (non-hydrogen) atoms. The van der Waals surface area contributed by atoms with Crippen molar-refractivity contribution in [2.75, 3.05) is 0 Å². The maximum absolute atomic E-state index is 6.62. The molecule has 0 N–H and O–H groups in total. The second-order valence-corrected chi connectivity index (χ2v) is 1.87. The van der Waals surface area contributed by atoms with Gasteiger partial charge in [-0.1, -0.05) is 19.9 Å². The van der Waals surface area contributed by atoms with Gasteiger partial charge in [0.2, 0.25) is 0 Å². The summed E-state index contributed by atoms with van der Waals surface area (Å²) in [5, 5.41) is 0. The van der Waals surface area contributed by atoms with E-state index in [1.165, 1.54) is 6.55 Å². The van der Waals surface area contributed by atoms with E-state index in [1.807, 2.05) is 6.08 Å². The Balaban J connectivity index is 2.97. The zero-order valence-electron chi connectivity index (χ0n) is 5.44. The molecule has 0 rings (SSSR count). The van der Waals surface area contributed by atoms with Gasteiger partial charge in [-0.3, -0.25) is 0 Å². The molecule has 0 aliphatic rings. The van der Waals surface area contributed by atoms with Gasteiger partial charge in [-0.25, -0.2) is 0 Å². The highest BCUT2D eigenvalue weighted by molar-refractivity contribution is 4.67. The zero-order valence-corrected chi connectivity index (χ0v) is 4.44. The molecule has 0 aromatic carbocycles.